The Bertz CT molecular complexity index is 1640. The molecule has 0 bridgehead atoms. The molecule has 1 atom stereocenters. The van der Waals surface area contributed by atoms with Crippen molar-refractivity contribution < 1.29 is 35.2 Å². The zero-order valence-electron chi connectivity index (χ0n) is 22.1. The van der Waals surface area contributed by atoms with Gasteiger partial charge in [0.15, 0.2) is 0 Å². The van der Waals surface area contributed by atoms with E-state index in [2.05, 4.69) is 10.3 Å². The van der Waals surface area contributed by atoms with Gasteiger partial charge in [-0.25, -0.2) is 17.2 Å². The van der Waals surface area contributed by atoms with Gasteiger partial charge < -0.3 is 5.32 Å². The van der Waals surface area contributed by atoms with Gasteiger partial charge in [-0.15, -0.1) is 0 Å². The maximum absolute atomic E-state index is 14.3. The summed E-state index contributed by atoms with van der Waals surface area (Å²) in [4.78, 5) is 16.7. The maximum atomic E-state index is 14.3. The number of anilines is 1. The fourth-order valence-electron chi connectivity index (χ4n) is 6.17. The highest BCUT2D eigenvalue weighted by molar-refractivity contribution is 7.99. The van der Waals surface area contributed by atoms with Crippen LogP contribution in [0.2, 0.25) is 0 Å². The van der Waals surface area contributed by atoms with E-state index >= 15 is 0 Å². The van der Waals surface area contributed by atoms with E-state index < -0.39 is 51.3 Å². The number of amides is 1. The molecule has 3 aromatic rings. The fourth-order valence-corrected chi connectivity index (χ4v) is 9.19. The topological polar surface area (TPSA) is 79.4 Å². The summed E-state index contributed by atoms with van der Waals surface area (Å²) in [5.41, 5.74) is -0.647. The number of halogens is 5. The minimum atomic E-state index is -4.75. The van der Waals surface area contributed by atoms with Crippen LogP contribution in [0.15, 0.2) is 59.6 Å². The van der Waals surface area contributed by atoms with E-state index in [1.54, 1.807) is 23.9 Å². The number of nitrogens with one attached hydrogen (secondary N) is 1. The number of carbonyl (C=O) groups excluding carboxylic acids is 1. The fraction of sp³-hybridized carbons (Fsp3) is 0.379. The molecule has 222 valence electrons. The van der Waals surface area contributed by atoms with E-state index in [-0.39, 0.29) is 28.1 Å². The molecule has 0 radical (unpaired) electrons. The van der Waals surface area contributed by atoms with Crippen molar-refractivity contribution in [2.24, 2.45) is 5.92 Å². The number of carbonyl (C=O) groups is 1. The highest BCUT2D eigenvalue weighted by Gasteiger charge is 2.59. The molecule has 1 aliphatic carbocycles. The maximum Gasteiger partial charge on any atom is 0.417 e. The molecule has 2 aromatic carbocycles. The first-order chi connectivity index (χ1) is 19.9. The van der Waals surface area contributed by atoms with Crippen LogP contribution in [0, 0.1) is 17.6 Å². The van der Waals surface area contributed by atoms with E-state index in [0.29, 0.717) is 30.8 Å². The number of benzene rings is 2. The Labute approximate surface area is 243 Å². The van der Waals surface area contributed by atoms with Gasteiger partial charge in [0.2, 0.25) is 0 Å². The lowest BCUT2D eigenvalue weighted by Gasteiger charge is -2.41. The molecule has 3 heterocycles. The summed E-state index contributed by atoms with van der Waals surface area (Å²) in [6.07, 6.45) is -1.05. The van der Waals surface area contributed by atoms with E-state index in [1.807, 2.05) is 0 Å². The van der Waals surface area contributed by atoms with E-state index in [1.165, 1.54) is 22.5 Å². The molecule has 3 aliphatic rings. The molecule has 6 nitrogen and oxygen atoms in total. The van der Waals surface area contributed by atoms with Crippen LogP contribution < -0.4 is 9.62 Å². The monoisotopic (exact) mass is 623 g/mol. The number of sulfonamides is 1. The third-order valence-corrected chi connectivity index (χ3v) is 11.1. The van der Waals surface area contributed by atoms with Crippen LogP contribution >= 0.6 is 11.8 Å². The second-order valence-electron chi connectivity index (χ2n) is 10.9. The van der Waals surface area contributed by atoms with Gasteiger partial charge in [-0.1, -0.05) is 0 Å². The molecule has 1 spiro atoms. The summed E-state index contributed by atoms with van der Waals surface area (Å²) in [7, 11) is -4.07. The molecule has 2 aliphatic heterocycles. The van der Waals surface area contributed by atoms with Crippen molar-refractivity contribution in [1.29, 1.82) is 0 Å². The van der Waals surface area contributed by atoms with Gasteiger partial charge in [-0.3, -0.25) is 14.1 Å². The van der Waals surface area contributed by atoms with Gasteiger partial charge in [-0.2, -0.15) is 24.9 Å². The van der Waals surface area contributed by atoms with Gasteiger partial charge in [0.05, 0.1) is 34.4 Å². The summed E-state index contributed by atoms with van der Waals surface area (Å²) in [6, 6.07) is 9.50. The predicted molar refractivity (Wildman–Crippen MR) is 148 cm³/mol. The lowest BCUT2D eigenvalue weighted by molar-refractivity contribution is -0.138. The summed E-state index contributed by atoms with van der Waals surface area (Å²) in [5, 5.41) is 2.52. The Hall–Kier alpha value is -3.19. The second-order valence-corrected chi connectivity index (χ2v) is 13.9. The first-order valence-electron chi connectivity index (χ1n) is 13.4. The molecular weight excluding hydrogens is 597 g/mol. The first-order valence-corrected chi connectivity index (χ1v) is 16.0. The molecule has 6 rings (SSSR count). The molecule has 1 saturated carbocycles. The average Bonchev–Trinajstić information content (AvgIpc) is 3.76. The SMILES string of the molecule is O=C(NCc1ncc(C(F)(F)F)cc1F)c1ccc2c(c1)C1(CCSCC1)[C@H](C1CC1)N2S(=O)(=O)c1ccc(F)cc1. The first kappa shape index (κ1) is 28.9. The average molecular weight is 624 g/mol. The van der Waals surface area contributed by atoms with Gasteiger partial charge in [0.25, 0.3) is 15.9 Å². The van der Waals surface area contributed by atoms with Crippen LogP contribution in [0.4, 0.5) is 27.6 Å². The highest BCUT2D eigenvalue weighted by atomic mass is 32.2. The minimum Gasteiger partial charge on any atom is -0.346 e. The summed E-state index contributed by atoms with van der Waals surface area (Å²) < 4.78 is 96.2. The number of aromatic nitrogens is 1. The molecule has 0 unspecified atom stereocenters. The van der Waals surface area contributed by atoms with Crippen molar-refractivity contribution in [3.05, 3.63) is 88.7 Å². The van der Waals surface area contributed by atoms with E-state index in [4.69, 9.17) is 0 Å². The molecule has 2 fully saturated rings. The predicted octanol–water partition coefficient (Wildman–Crippen LogP) is 6.06. The molecule has 1 saturated heterocycles. The summed E-state index contributed by atoms with van der Waals surface area (Å²) in [5.74, 6) is -0.544. The smallest absolute Gasteiger partial charge is 0.346 e. The normalized spacial score (nSPS) is 20.0. The molecule has 42 heavy (non-hydrogen) atoms. The number of hydrogen-bond acceptors (Lipinski definition) is 5. The Morgan fingerprint density at radius 2 is 1.74 bits per heavy atom. The summed E-state index contributed by atoms with van der Waals surface area (Å²) >= 11 is 1.79. The van der Waals surface area contributed by atoms with Gasteiger partial charge in [-0.05, 0) is 97.2 Å². The third-order valence-electron chi connectivity index (χ3n) is 8.34. The molecule has 13 heteroatoms. The third kappa shape index (κ3) is 5.04. The van der Waals surface area contributed by atoms with Crippen LogP contribution in [0.25, 0.3) is 0 Å². The van der Waals surface area contributed by atoms with Crippen molar-refractivity contribution >= 4 is 33.4 Å². The van der Waals surface area contributed by atoms with Crippen molar-refractivity contribution in [1.82, 2.24) is 10.3 Å². The van der Waals surface area contributed by atoms with Crippen LogP contribution in [-0.2, 0) is 28.2 Å². The van der Waals surface area contributed by atoms with E-state index in [9.17, 15) is 35.2 Å². The van der Waals surface area contributed by atoms with Gasteiger partial charge in [0.1, 0.15) is 11.6 Å². The molecule has 1 aromatic heterocycles. The van der Waals surface area contributed by atoms with Crippen LogP contribution in [0.3, 0.4) is 0 Å². The van der Waals surface area contributed by atoms with Crippen molar-refractivity contribution in [2.45, 2.75) is 54.8 Å². The highest BCUT2D eigenvalue weighted by Crippen LogP contribution is 2.59. The number of pyridine rings is 1. The Morgan fingerprint density at radius 1 is 1.05 bits per heavy atom. The number of fused-ring (bicyclic) bond motifs is 2. The lowest BCUT2D eigenvalue weighted by atomic mass is 9.70. The minimum absolute atomic E-state index is 0.0179. The van der Waals surface area contributed by atoms with Crippen molar-refractivity contribution in [3.8, 4) is 0 Å². The zero-order valence-corrected chi connectivity index (χ0v) is 23.8. The van der Waals surface area contributed by atoms with Crippen molar-refractivity contribution in [2.75, 3.05) is 15.8 Å². The molecule has 1 amide bonds. The van der Waals surface area contributed by atoms with Gasteiger partial charge in [0, 0.05) is 17.2 Å². The van der Waals surface area contributed by atoms with Gasteiger partial charge >= 0.3 is 6.18 Å². The van der Waals surface area contributed by atoms with Crippen LogP contribution in [-0.4, -0.2) is 36.9 Å². The number of rotatable bonds is 6. The standard InChI is InChI=1S/C29H26F5N3O3S2/c30-20-4-6-21(7-5-20)42(39,40)37-25-8-3-18(13-22(25)28(9-11-41-12-10-28)26(37)17-1-2-17)27(38)36-16-24-23(31)14-19(15-35-24)29(32,33)34/h3-8,13-15,17,26H,1-2,9-12,16H2,(H,36,38)/t26-/m0/s1. The number of nitrogens with zero attached hydrogens (tertiary/aromatic N) is 2. The summed E-state index contributed by atoms with van der Waals surface area (Å²) in [6.45, 7) is -0.433. The molecular formula is C29H26F5N3O3S2. The lowest BCUT2D eigenvalue weighted by Crippen LogP contribution is -2.50. The van der Waals surface area contributed by atoms with E-state index in [0.717, 1.165) is 42.0 Å². The molecule has 1 N–H and O–H groups in total. The van der Waals surface area contributed by atoms with Crippen LogP contribution in [0.5, 0.6) is 0 Å². The Morgan fingerprint density at radius 3 is 2.36 bits per heavy atom. The Kier molecular flexibility index (Phi) is 7.24. The number of thioether (sulfide) groups is 1. The number of alkyl halides is 3. The quantitative estimate of drug-likeness (QED) is 0.338. The Balaban J connectivity index is 1.35. The zero-order chi connectivity index (χ0) is 29.9. The van der Waals surface area contributed by atoms with Crippen molar-refractivity contribution in [3.63, 3.8) is 0 Å². The largest absolute Gasteiger partial charge is 0.417 e. The van der Waals surface area contributed by atoms with Crippen LogP contribution in [0.1, 0.15) is 52.9 Å². The number of hydrogen-bond donors (Lipinski definition) is 1. The second kappa shape index (κ2) is 10.5.